The molecule has 0 unspecified atom stereocenters. The van der Waals surface area contributed by atoms with E-state index < -0.39 is 0 Å². The van der Waals surface area contributed by atoms with E-state index >= 15 is 0 Å². The molecular formula is C32H35Cl2N3O3. The van der Waals surface area contributed by atoms with Crippen molar-refractivity contribution >= 4 is 51.7 Å². The van der Waals surface area contributed by atoms with E-state index in [1.807, 2.05) is 67.7 Å². The summed E-state index contributed by atoms with van der Waals surface area (Å²) in [5.74, 6) is 0.00164. The number of carbonyl (C=O) groups is 3. The predicted molar refractivity (Wildman–Crippen MR) is 160 cm³/mol. The molecule has 5 rings (SSSR count). The van der Waals surface area contributed by atoms with Crippen molar-refractivity contribution in [2.45, 2.75) is 50.5 Å². The Hall–Kier alpha value is -2.93. The van der Waals surface area contributed by atoms with Gasteiger partial charge in [0.05, 0.1) is 10.0 Å². The van der Waals surface area contributed by atoms with Crippen LogP contribution in [0.5, 0.6) is 0 Å². The monoisotopic (exact) mass is 579 g/mol. The second-order valence-electron chi connectivity index (χ2n) is 11.0. The topological polar surface area (TPSA) is 60.9 Å². The number of hydrogen-bond donors (Lipinski definition) is 0. The third-order valence-corrected chi connectivity index (χ3v) is 9.05. The van der Waals surface area contributed by atoms with Crippen molar-refractivity contribution in [1.29, 1.82) is 0 Å². The Morgan fingerprint density at radius 1 is 0.950 bits per heavy atom. The van der Waals surface area contributed by atoms with Gasteiger partial charge in [-0.25, -0.2) is 0 Å². The molecule has 0 radical (unpaired) electrons. The van der Waals surface area contributed by atoms with Crippen LogP contribution in [-0.4, -0.2) is 71.7 Å². The fraction of sp³-hybridized carbons (Fsp3) is 0.406. The second-order valence-corrected chi connectivity index (χ2v) is 11.8. The van der Waals surface area contributed by atoms with Crippen molar-refractivity contribution in [3.63, 3.8) is 0 Å². The van der Waals surface area contributed by atoms with Crippen molar-refractivity contribution in [3.05, 3.63) is 81.8 Å². The maximum Gasteiger partial charge on any atom is 0.254 e. The van der Waals surface area contributed by atoms with Gasteiger partial charge in [-0.1, -0.05) is 65.7 Å². The molecule has 8 heteroatoms. The largest absolute Gasteiger partial charge is 0.341 e. The van der Waals surface area contributed by atoms with Crippen molar-refractivity contribution in [3.8, 4) is 0 Å². The van der Waals surface area contributed by atoms with Gasteiger partial charge in [-0.3, -0.25) is 19.3 Å². The number of likely N-dealkylation sites (tertiary alicyclic amines) is 2. The van der Waals surface area contributed by atoms with E-state index in [1.165, 1.54) is 4.90 Å². The quantitative estimate of drug-likeness (QED) is 0.290. The number of hydrogen-bond acceptors (Lipinski definition) is 4. The molecule has 2 heterocycles. The molecule has 2 saturated heterocycles. The Kier molecular flexibility index (Phi) is 9.09. The fourth-order valence-electron chi connectivity index (χ4n) is 6.08. The number of imide groups is 1. The predicted octanol–water partition coefficient (Wildman–Crippen LogP) is 6.40. The lowest BCUT2D eigenvalue weighted by molar-refractivity contribution is -0.152. The first-order valence-corrected chi connectivity index (χ1v) is 14.8. The first-order valence-electron chi connectivity index (χ1n) is 14.1. The van der Waals surface area contributed by atoms with E-state index in [4.69, 9.17) is 23.2 Å². The van der Waals surface area contributed by atoms with Crippen molar-refractivity contribution < 1.29 is 14.4 Å². The van der Waals surface area contributed by atoms with E-state index in [0.717, 1.165) is 55.2 Å². The highest BCUT2D eigenvalue weighted by molar-refractivity contribution is 6.42. The molecule has 3 amide bonds. The number of likely N-dealkylation sites (N-methyl/N-ethyl adjacent to an activating group) is 1. The zero-order chi connectivity index (χ0) is 28.2. The summed E-state index contributed by atoms with van der Waals surface area (Å²) < 4.78 is 0. The molecule has 0 bridgehead atoms. The highest BCUT2D eigenvalue weighted by atomic mass is 35.5. The zero-order valence-corrected chi connectivity index (χ0v) is 24.3. The summed E-state index contributed by atoms with van der Waals surface area (Å²) in [7, 11) is 1.85. The average molecular weight is 581 g/mol. The normalized spacial score (nSPS) is 17.8. The summed E-state index contributed by atoms with van der Waals surface area (Å²) in [6.45, 7) is 3.05. The minimum Gasteiger partial charge on any atom is -0.341 e. The van der Waals surface area contributed by atoms with E-state index in [1.54, 1.807) is 4.90 Å². The molecule has 2 aliphatic heterocycles. The molecule has 0 aliphatic carbocycles. The van der Waals surface area contributed by atoms with Crippen molar-refractivity contribution in [2.24, 2.45) is 0 Å². The lowest BCUT2D eigenvalue weighted by Crippen LogP contribution is -2.51. The number of carbonyl (C=O) groups excluding carboxylic acids is 3. The van der Waals surface area contributed by atoms with Crippen LogP contribution in [0.4, 0.5) is 0 Å². The Bertz CT molecular complexity index is 1380. The smallest absolute Gasteiger partial charge is 0.254 e. The standard InChI is InChI=1S/C32H35Cl2N3O3/c1-35(32(40)27-9-4-7-22-6-2-3-8-26(22)27)21-24(23-12-13-28(33)29(34)20-23)14-17-36-18-15-25(16-19-36)37-30(38)10-5-11-31(37)39/h2-4,6-9,12-13,20,24-25H,5,10-11,14-19,21H2,1H3/t24-/m1/s1. The number of benzene rings is 3. The van der Waals surface area contributed by atoms with E-state index in [9.17, 15) is 14.4 Å². The number of amides is 3. The molecule has 6 nitrogen and oxygen atoms in total. The van der Waals surface area contributed by atoms with Crippen LogP contribution >= 0.6 is 23.2 Å². The second kappa shape index (κ2) is 12.7. The van der Waals surface area contributed by atoms with Gasteiger partial charge in [-0.2, -0.15) is 0 Å². The summed E-state index contributed by atoms with van der Waals surface area (Å²) in [4.78, 5) is 44.1. The van der Waals surface area contributed by atoms with Crippen LogP contribution in [0.2, 0.25) is 10.0 Å². The van der Waals surface area contributed by atoms with Crippen LogP contribution in [-0.2, 0) is 9.59 Å². The highest BCUT2D eigenvalue weighted by Gasteiger charge is 2.34. The lowest BCUT2D eigenvalue weighted by Gasteiger charge is -2.39. The van der Waals surface area contributed by atoms with Gasteiger partial charge >= 0.3 is 0 Å². The summed E-state index contributed by atoms with van der Waals surface area (Å²) >= 11 is 12.6. The van der Waals surface area contributed by atoms with E-state index in [0.29, 0.717) is 41.4 Å². The molecule has 0 saturated carbocycles. The molecule has 0 N–H and O–H groups in total. The number of piperidine rings is 2. The van der Waals surface area contributed by atoms with Crippen LogP contribution in [0, 0.1) is 0 Å². The Morgan fingerprint density at radius 2 is 1.65 bits per heavy atom. The molecular weight excluding hydrogens is 545 g/mol. The van der Waals surface area contributed by atoms with Gasteiger partial charge in [0.15, 0.2) is 0 Å². The minimum absolute atomic E-state index is 0.00636. The van der Waals surface area contributed by atoms with Gasteiger partial charge in [0.25, 0.3) is 5.91 Å². The van der Waals surface area contributed by atoms with E-state index in [-0.39, 0.29) is 29.7 Å². The molecule has 0 aromatic heterocycles. The zero-order valence-electron chi connectivity index (χ0n) is 22.8. The van der Waals surface area contributed by atoms with Crippen LogP contribution in [0.25, 0.3) is 10.8 Å². The third kappa shape index (κ3) is 6.35. The summed E-state index contributed by atoms with van der Waals surface area (Å²) in [5, 5.41) is 3.00. The van der Waals surface area contributed by atoms with Gasteiger partial charge < -0.3 is 9.80 Å². The lowest BCUT2D eigenvalue weighted by atomic mass is 9.93. The first kappa shape index (κ1) is 28.6. The molecule has 0 spiro atoms. The molecule has 2 aliphatic rings. The maximum atomic E-state index is 13.6. The van der Waals surface area contributed by atoms with Gasteiger partial charge in [-0.05, 0) is 66.8 Å². The fourth-order valence-corrected chi connectivity index (χ4v) is 6.38. The summed E-state index contributed by atoms with van der Waals surface area (Å²) in [6.07, 6.45) is 4.05. The van der Waals surface area contributed by atoms with Gasteiger partial charge in [0, 0.05) is 57.0 Å². The number of nitrogens with zero attached hydrogens (tertiary/aromatic N) is 3. The van der Waals surface area contributed by atoms with Gasteiger partial charge in [0.1, 0.15) is 0 Å². The summed E-state index contributed by atoms with van der Waals surface area (Å²) in [6, 6.07) is 19.5. The molecule has 40 heavy (non-hydrogen) atoms. The molecule has 2 fully saturated rings. The minimum atomic E-state index is -0.0201. The third-order valence-electron chi connectivity index (χ3n) is 8.31. The Balaban J connectivity index is 1.26. The number of rotatable bonds is 8. The molecule has 3 aromatic rings. The van der Waals surface area contributed by atoms with E-state index in [2.05, 4.69) is 4.90 Å². The SMILES string of the molecule is CN(C[C@@H](CCN1CCC(N2C(=O)CCCC2=O)CC1)c1ccc(Cl)c(Cl)c1)C(=O)c1cccc2ccccc12. The molecule has 1 atom stereocenters. The number of fused-ring (bicyclic) bond motifs is 1. The highest BCUT2D eigenvalue weighted by Crippen LogP contribution is 2.30. The van der Waals surface area contributed by atoms with Crippen LogP contribution in [0.15, 0.2) is 60.7 Å². The van der Waals surface area contributed by atoms with Gasteiger partial charge in [0.2, 0.25) is 11.8 Å². The van der Waals surface area contributed by atoms with Crippen LogP contribution in [0.3, 0.4) is 0 Å². The van der Waals surface area contributed by atoms with Crippen molar-refractivity contribution in [1.82, 2.24) is 14.7 Å². The van der Waals surface area contributed by atoms with Crippen LogP contribution < -0.4 is 0 Å². The Morgan fingerprint density at radius 3 is 2.38 bits per heavy atom. The van der Waals surface area contributed by atoms with Gasteiger partial charge in [-0.15, -0.1) is 0 Å². The summed E-state index contributed by atoms with van der Waals surface area (Å²) in [5.41, 5.74) is 1.74. The first-order chi connectivity index (χ1) is 19.3. The average Bonchev–Trinajstić information content (AvgIpc) is 2.96. The van der Waals surface area contributed by atoms with Crippen molar-refractivity contribution in [2.75, 3.05) is 33.2 Å². The number of halogens is 2. The van der Waals surface area contributed by atoms with Crippen LogP contribution in [0.1, 0.15) is 60.4 Å². The Labute approximate surface area is 245 Å². The molecule has 3 aromatic carbocycles. The maximum absolute atomic E-state index is 13.6. The molecule has 210 valence electrons.